The predicted molar refractivity (Wildman–Crippen MR) is 81.5 cm³/mol. The molecule has 0 saturated carbocycles. The van der Waals surface area contributed by atoms with E-state index in [1.165, 1.54) is 13.0 Å². The molecule has 1 aromatic carbocycles. The van der Waals surface area contributed by atoms with Crippen molar-refractivity contribution in [2.75, 3.05) is 13.2 Å². The number of esters is 2. The zero-order valence-corrected chi connectivity index (χ0v) is 12.6. The number of hydrogen-bond acceptors (Lipinski definition) is 5. The molecule has 5 nitrogen and oxygen atoms in total. The van der Waals surface area contributed by atoms with Crippen molar-refractivity contribution in [3.63, 3.8) is 0 Å². The molecule has 0 fully saturated rings. The quantitative estimate of drug-likeness (QED) is 0.349. The van der Waals surface area contributed by atoms with E-state index in [0.29, 0.717) is 0 Å². The van der Waals surface area contributed by atoms with E-state index in [-0.39, 0.29) is 24.4 Å². The average Bonchev–Trinajstić information content (AvgIpc) is 2.50. The molecule has 0 atom stereocenters. The summed E-state index contributed by atoms with van der Waals surface area (Å²) >= 11 is 0. The third-order valence-corrected chi connectivity index (χ3v) is 2.63. The van der Waals surface area contributed by atoms with Crippen LogP contribution in [0.25, 0.3) is 6.08 Å². The molecule has 1 rings (SSSR count). The van der Waals surface area contributed by atoms with Gasteiger partial charge in [0.15, 0.2) is 0 Å². The third kappa shape index (κ3) is 5.63. The number of carbonyl (C=O) groups excluding carboxylic acids is 2. The van der Waals surface area contributed by atoms with E-state index >= 15 is 0 Å². The molecule has 114 valence electrons. The van der Waals surface area contributed by atoms with Crippen LogP contribution in [0.3, 0.4) is 0 Å². The Kier molecular flexibility index (Phi) is 6.58. The topological polar surface area (TPSA) is 76.4 Å². The maximum atomic E-state index is 11.8. The molecule has 22 heavy (non-hydrogen) atoms. The van der Waals surface area contributed by atoms with Gasteiger partial charge in [-0.1, -0.05) is 36.4 Å². The van der Waals surface area contributed by atoms with Crippen molar-refractivity contribution in [3.05, 3.63) is 53.1 Å². The first-order chi connectivity index (χ1) is 10.4. The van der Waals surface area contributed by atoms with Crippen LogP contribution < -0.4 is 0 Å². The zero-order valence-electron chi connectivity index (χ0n) is 12.6. The smallest absolute Gasteiger partial charge is 0.349 e. The zero-order chi connectivity index (χ0) is 16.5. The van der Waals surface area contributed by atoms with Gasteiger partial charge < -0.3 is 9.47 Å². The molecule has 0 spiro atoms. The van der Waals surface area contributed by atoms with Crippen LogP contribution in [0.15, 0.2) is 42.0 Å². The summed E-state index contributed by atoms with van der Waals surface area (Å²) in [6.45, 7) is 6.69. The number of rotatable bonds is 6. The molecule has 0 saturated heterocycles. The first kappa shape index (κ1) is 17.2. The van der Waals surface area contributed by atoms with E-state index in [4.69, 9.17) is 14.7 Å². The van der Waals surface area contributed by atoms with Gasteiger partial charge in [-0.25, -0.2) is 9.59 Å². The summed E-state index contributed by atoms with van der Waals surface area (Å²) < 4.78 is 9.67. The number of hydrogen-bond donors (Lipinski definition) is 0. The highest BCUT2D eigenvalue weighted by atomic mass is 16.6. The van der Waals surface area contributed by atoms with Crippen LogP contribution in [0, 0.1) is 18.3 Å². The maximum absolute atomic E-state index is 11.8. The normalized spacial score (nSPS) is 10.5. The van der Waals surface area contributed by atoms with Crippen molar-refractivity contribution in [2.45, 2.75) is 13.8 Å². The van der Waals surface area contributed by atoms with E-state index in [0.717, 1.165) is 11.1 Å². The molecular formula is C17H17NO4. The Hall–Kier alpha value is -2.87. The molecule has 0 aromatic heterocycles. The Morgan fingerprint density at radius 1 is 1.18 bits per heavy atom. The van der Waals surface area contributed by atoms with Crippen molar-refractivity contribution < 1.29 is 19.1 Å². The van der Waals surface area contributed by atoms with Gasteiger partial charge in [0, 0.05) is 5.57 Å². The summed E-state index contributed by atoms with van der Waals surface area (Å²) in [6, 6.07) is 9.15. The molecule has 0 radical (unpaired) electrons. The molecule has 0 bridgehead atoms. The molecule has 0 aliphatic carbocycles. The summed E-state index contributed by atoms with van der Waals surface area (Å²) in [5.74, 6) is -1.30. The van der Waals surface area contributed by atoms with E-state index < -0.39 is 11.9 Å². The lowest BCUT2D eigenvalue weighted by Gasteiger charge is -2.05. The SMILES string of the molecule is C=C(C)C(=O)OCCOC(=O)/C(C#N)=C\c1ccc(C)cc1. The van der Waals surface area contributed by atoms with Gasteiger partial charge in [0.2, 0.25) is 0 Å². The number of nitriles is 1. The van der Waals surface area contributed by atoms with Crippen LogP contribution in [0.1, 0.15) is 18.1 Å². The molecule has 0 amide bonds. The van der Waals surface area contributed by atoms with Gasteiger partial charge in [-0.2, -0.15) is 5.26 Å². The highest BCUT2D eigenvalue weighted by Crippen LogP contribution is 2.09. The van der Waals surface area contributed by atoms with Crippen LogP contribution in [0.4, 0.5) is 0 Å². The second-order valence-corrected chi connectivity index (χ2v) is 4.63. The lowest BCUT2D eigenvalue weighted by atomic mass is 10.1. The van der Waals surface area contributed by atoms with Crippen molar-refractivity contribution in [2.24, 2.45) is 0 Å². The van der Waals surface area contributed by atoms with E-state index in [1.807, 2.05) is 19.1 Å². The van der Waals surface area contributed by atoms with Gasteiger partial charge in [-0.3, -0.25) is 0 Å². The van der Waals surface area contributed by atoms with Gasteiger partial charge >= 0.3 is 11.9 Å². The van der Waals surface area contributed by atoms with Crippen molar-refractivity contribution in [1.29, 1.82) is 5.26 Å². The molecule has 0 aliphatic heterocycles. The first-order valence-electron chi connectivity index (χ1n) is 6.62. The summed E-state index contributed by atoms with van der Waals surface area (Å²) in [5.41, 5.74) is 1.96. The minimum atomic E-state index is -0.755. The van der Waals surface area contributed by atoms with Gasteiger partial charge in [0.25, 0.3) is 0 Å². The minimum absolute atomic E-state index is 0.0827. The largest absolute Gasteiger partial charge is 0.459 e. The Labute approximate surface area is 129 Å². The van der Waals surface area contributed by atoms with Crippen LogP contribution in [0.2, 0.25) is 0 Å². The fourth-order valence-corrected chi connectivity index (χ4v) is 1.44. The van der Waals surface area contributed by atoms with Gasteiger partial charge in [-0.15, -0.1) is 0 Å². The Morgan fingerprint density at radius 2 is 1.73 bits per heavy atom. The lowest BCUT2D eigenvalue weighted by molar-refractivity contribution is -0.147. The van der Waals surface area contributed by atoms with E-state index in [2.05, 4.69) is 6.58 Å². The second kappa shape index (κ2) is 8.42. The molecular weight excluding hydrogens is 282 g/mol. The van der Waals surface area contributed by atoms with Crippen LogP contribution >= 0.6 is 0 Å². The Bertz CT molecular complexity index is 636. The number of nitrogens with zero attached hydrogens (tertiary/aromatic N) is 1. The summed E-state index contributed by atoms with van der Waals surface area (Å²) in [4.78, 5) is 22.9. The highest BCUT2D eigenvalue weighted by molar-refractivity contribution is 5.97. The Morgan fingerprint density at radius 3 is 2.23 bits per heavy atom. The van der Waals surface area contributed by atoms with Crippen molar-refractivity contribution >= 4 is 18.0 Å². The number of aryl methyl sites for hydroxylation is 1. The van der Waals surface area contributed by atoms with Gasteiger partial charge in [0.05, 0.1) is 0 Å². The van der Waals surface area contributed by atoms with Crippen LogP contribution in [0.5, 0.6) is 0 Å². The van der Waals surface area contributed by atoms with Crippen molar-refractivity contribution in [1.82, 2.24) is 0 Å². The summed E-state index contributed by atoms with van der Waals surface area (Å²) in [5, 5.41) is 9.01. The number of carbonyl (C=O) groups is 2. The number of ether oxygens (including phenoxy) is 2. The number of benzene rings is 1. The predicted octanol–water partition coefficient (Wildman–Crippen LogP) is 2.56. The minimum Gasteiger partial charge on any atom is -0.459 e. The molecule has 5 heteroatoms. The lowest BCUT2D eigenvalue weighted by Crippen LogP contribution is -2.15. The first-order valence-corrected chi connectivity index (χ1v) is 6.62. The van der Waals surface area contributed by atoms with Gasteiger partial charge in [-0.05, 0) is 25.5 Å². The summed E-state index contributed by atoms with van der Waals surface area (Å²) in [7, 11) is 0. The third-order valence-electron chi connectivity index (χ3n) is 2.63. The average molecular weight is 299 g/mol. The molecule has 1 aromatic rings. The van der Waals surface area contributed by atoms with E-state index in [9.17, 15) is 9.59 Å². The molecule has 0 unspecified atom stereocenters. The summed E-state index contributed by atoms with van der Waals surface area (Å²) in [6.07, 6.45) is 1.45. The molecule has 0 aliphatic rings. The van der Waals surface area contributed by atoms with Gasteiger partial charge in [0.1, 0.15) is 24.9 Å². The fourth-order valence-electron chi connectivity index (χ4n) is 1.44. The standard InChI is InChI=1S/C17H17NO4/c1-12(2)16(19)21-8-9-22-17(20)15(11-18)10-14-6-4-13(3)5-7-14/h4-7,10H,1,8-9H2,2-3H3/b15-10-. The van der Waals surface area contributed by atoms with Crippen LogP contribution in [-0.4, -0.2) is 25.2 Å². The highest BCUT2D eigenvalue weighted by Gasteiger charge is 2.11. The van der Waals surface area contributed by atoms with E-state index in [1.54, 1.807) is 18.2 Å². The fraction of sp³-hybridized carbons (Fsp3) is 0.235. The Balaban J connectivity index is 2.55. The molecule has 0 heterocycles. The molecule has 0 N–H and O–H groups in total. The van der Waals surface area contributed by atoms with Crippen molar-refractivity contribution in [3.8, 4) is 6.07 Å². The van der Waals surface area contributed by atoms with Crippen LogP contribution in [-0.2, 0) is 19.1 Å². The monoisotopic (exact) mass is 299 g/mol. The maximum Gasteiger partial charge on any atom is 0.349 e. The second-order valence-electron chi connectivity index (χ2n) is 4.63.